The minimum atomic E-state index is 0.698. The molecule has 0 saturated carbocycles. The number of hydrogen-bond acceptors (Lipinski definition) is 2. The maximum Gasteiger partial charge on any atom is 0.0402 e. The standard InChI is InChI=1S/C15H26N2/c1-5-13(10-16-4)11-17-15-12(3)8-7-9-14(15)6-2/h7-9,13,16-17H,5-6,10-11H2,1-4H3. The number of nitrogens with one attached hydrogen (secondary N) is 2. The molecule has 0 saturated heterocycles. The summed E-state index contributed by atoms with van der Waals surface area (Å²) < 4.78 is 0. The van der Waals surface area contributed by atoms with Crippen LogP contribution in [-0.2, 0) is 6.42 Å². The van der Waals surface area contributed by atoms with Gasteiger partial charge >= 0.3 is 0 Å². The Bertz CT molecular complexity index is 334. The van der Waals surface area contributed by atoms with E-state index in [9.17, 15) is 0 Å². The van der Waals surface area contributed by atoms with E-state index in [0.717, 1.165) is 19.5 Å². The number of anilines is 1. The van der Waals surface area contributed by atoms with Gasteiger partial charge in [0.2, 0.25) is 0 Å². The van der Waals surface area contributed by atoms with Crippen molar-refractivity contribution in [2.24, 2.45) is 5.92 Å². The SMILES string of the molecule is CCc1cccc(C)c1NCC(CC)CNC. The Kier molecular flexibility index (Phi) is 6.06. The zero-order valence-electron chi connectivity index (χ0n) is 11.6. The van der Waals surface area contributed by atoms with Crippen molar-refractivity contribution < 1.29 is 0 Å². The van der Waals surface area contributed by atoms with Crippen LogP contribution in [0.4, 0.5) is 5.69 Å². The second-order valence-corrected chi connectivity index (χ2v) is 4.68. The molecule has 1 aromatic rings. The van der Waals surface area contributed by atoms with Crippen molar-refractivity contribution in [2.45, 2.75) is 33.6 Å². The number of aryl methyl sites for hydroxylation is 2. The fourth-order valence-electron chi connectivity index (χ4n) is 2.17. The minimum absolute atomic E-state index is 0.698. The Morgan fingerprint density at radius 1 is 1.18 bits per heavy atom. The van der Waals surface area contributed by atoms with E-state index in [1.165, 1.54) is 23.2 Å². The molecule has 0 aliphatic carbocycles. The smallest absolute Gasteiger partial charge is 0.0402 e. The van der Waals surface area contributed by atoms with Gasteiger partial charge in [0.25, 0.3) is 0 Å². The molecule has 0 aromatic heterocycles. The first-order chi connectivity index (χ1) is 8.22. The fraction of sp³-hybridized carbons (Fsp3) is 0.600. The van der Waals surface area contributed by atoms with Gasteiger partial charge in [0.05, 0.1) is 0 Å². The number of hydrogen-bond donors (Lipinski definition) is 2. The maximum absolute atomic E-state index is 3.63. The van der Waals surface area contributed by atoms with Crippen molar-refractivity contribution >= 4 is 5.69 Å². The van der Waals surface area contributed by atoms with Crippen LogP contribution in [0, 0.1) is 12.8 Å². The zero-order chi connectivity index (χ0) is 12.7. The van der Waals surface area contributed by atoms with Crippen LogP contribution in [0.5, 0.6) is 0 Å². The quantitative estimate of drug-likeness (QED) is 0.757. The Labute approximate surface area is 106 Å². The molecule has 0 amide bonds. The summed E-state index contributed by atoms with van der Waals surface area (Å²) in [4.78, 5) is 0. The van der Waals surface area contributed by atoms with E-state index in [4.69, 9.17) is 0 Å². The normalized spacial score (nSPS) is 12.5. The van der Waals surface area contributed by atoms with Crippen molar-refractivity contribution in [1.82, 2.24) is 5.32 Å². The van der Waals surface area contributed by atoms with Gasteiger partial charge in [-0.1, -0.05) is 38.5 Å². The van der Waals surface area contributed by atoms with Crippen LogP contribution >= 0.6 is 0 Å². The highest BCUT2D eigenvalue weighted by atomic mass is 14.9. The second kappa shape index (κ2) is 7.33. The average molecular weight is 234 g/mol. The molecule has 1 aromatic carbocycles. The molecule has 0 heterocycles. The molecule has 0 bridgehead atoms. The Hall–Kier alpha value is -1.02. The molecule has 2 nitrogen and oxygen atoms in total. The predicted octanol–water partition coefficient (Wildman–Crippen LogP) is 3.21. The lowest BCUT2D eigenvalue weighted by molar-refractivity contribution is 0.506. The predicted molar refractivity (Wildman–Crippen MR) is 76.8 cm³/mol. The molecule has 17 heavy (non-hydrogen) atoms. The van der Waals surface area contributed by atoms with Gasteiger partial charge < -0.3 is 10.6 Å². The Morgan fingerprint density at radius 3 is 2.53 bits per heavy atom. The van der Waals surface area contributed by atoms with Crippen LogP contribution in [-0.4, -0.2) is 20.1 Å². The van der Waals surface area contributed by atoms with Gasteiger partial charge in [0.15, 0.2) is 0 Å². The van der Waals surface area contributed by atoms with Crippen molar-refractivity contribution in [1.29, 1.82) is 0 Å². The van der Waals surface area contributed by atoms with Crippen molar-refractivity contribution in [3.8, 4) is 0 Å². The molecule has 1 atom stereocenters. The van der Waals surface area contributed by atoms with Gasteiger partial charge in [-0.3, -0.25) is 0 Å². The number of benzene rings is 1. The number of rotatable bonds is 7. The van der Waals surface area contributed by atoms with Crippen LogP contribution in [0.15, 0.2) is 18.2 Å². The number of para-hydroxylation sites is 1. The Morgan fingerprint density at radius 2 is 1.94 bits per heavy atom. The summed E-state index contributed by atoms with van der Waals surface area (Å²) in [6.45, 7) is 8.78. The molecule has 1 unspecified atom stereocenters. The molecular weight excluding hydrogens is 208 g/mol. The van der Waals surface area contributed by atoms with E-state index in [-0.39, 0.29) is 0 Å². The largest absolute Gasteiger partial charge is 0.384 e. The molecule has 2 N–H and O–H groups in total. The molecular formula is C15H26N2. The van der Waals surface area contributed by atoms with Gasteiger partial charge in [-0.05, 0) is 44.0 Å². The first-order valence-corrected chi connectivity index (χ1v) is 6.69. The van der Waals surface area contributed by atoms with Crippen LogP contribution < -0.4 is 10.6 Å². The van der Waals surface area contributed by atoms with Gasteiger partial charge in [0, 0.05) is 12.2 Å². The maximum atomic E-state index is 3.63. The van der Waals surface area contributed by atoms with Gasteiger partial charge in [0.1, 0.15) is 0 Å². The van der Waals surface area contributed by atoms with Crippen LogP contribution in [0.1, 0.15) is 31.4 Å². The molecule has 96 valence electrons. The van der Waals surface area contributed by atoms with E-state index in [1.54, 1.807) is 0 Å². The minimum Gasteiger partial charge on any atom is -0.384 e. The third-order valence-electron chi connectivity index (χ3n) is 3.38. The highest BCUT2D eigenvalue weighted by Gasteiger charge is 2.08. The third kappa shape index (κ3) is 4.04. The highest BCUT2D eigenvalue weighted by Crippen LogP contribution is 2.21. The van der Waals surface area contributed by atoms with E-state index >= 15 is 0 Å². The van der Waals surface area contributed by atoms with Gasteiger partial charge in [-0.2, -0.15) is 0 Å². The van der Waals surface area contributed by atoms with Crippen LogP contribution in [0.25, 0.3) is 0 Å². The van der Waals surface area contributed by atoms with E-state index < -0.39 is 0 Å². The molecule has 0 radical (unpaired) electrons. The lowest BCUT2D eigenvalue weighted by Crippen LogP contribution is -2.25. The summed E-state index contributed by atoms with van der Waals surface area (Å²) in [6.07, 6.45) is 2.30. The summed E-state index contributed by atoms with van der Waals surface area (Å²) in [5.41, 5.74) is 4.11. The molecule has 0 aliphatic heterocycles. The summed E-state index contributed by atoms with van der Waals surface area (Å²) in [5.74, 6) is 0.698. The zero-order valence-corrected chi connectivity index (χ0v) is 11.6. The lowest BCUT2D eigenvalue weighted by atomic mass is 10.0. The van der Waals surface area contributed by atoms with Crippen molar-refractivity contribution in [3.63, 3.8) is 0 Å². The molecule has 0 aliphatic rings. The van der Waals surface area contributed by atoms with Crippen LogP contribution in [0.2, 0.25) is 0 Å². The second-order valence-electron chi connectivity index (χ2n) is 4.68. The molecule has 0 fully saturated rings. The van der Waals surface area contributed by atoms with E-state index in [1.807, 2.05) is 7.05 Å². The van der Waals surface area contributed by atoms with Crippen molar-refractivity contribution in [3.05, 3.63) is 29.3 Å². The first-order valence-electron chi connectivity index (χ1n) is 6.69. The molecule has 0 spiro atoms. The highest BCUT2D eigenvalue weighted by molar-refractivity contribution is 5.57. The Balaban J connectivity index is 2.67. The third-order valence-corrected chi connectivity index (χ3v) is 3.38. The van der Waals surface area contributed by atoms with Crippen molar-refractivity contribution in [2.75, 3.05) is 25.5 Å². The summed E-state index contributed by atoms with van der Waals surface area (Å²) in [7, 11) is 2.02. The summed E-state index contributed by atoms with van der Waals surface area (Å²) in [5, 5.41) is 6.89. The fourth-order valence-corrected chi connectivity index (χ4v) is 2.17. The van der Waals surface area contributed by atoms with Gasteiger partial charge in [-0.25, -0.2) is 0 Å². The lowest BCUT2D eigenvalue weighted by Gasteiger charge is -2.19. The molecule has 1 rings (SSSR count). The van der Waals surface area contributed by atoms with Gasteiger partial charge in [-0.15, -0.1) is 0 Å². The average Bonchev–Trinajstić information content (AvgIpc) is 2.35. The van der Waals surface area contributed by atoms with Crippen LogP contribution in [0.3, 0.4) is 0 Å². The van der Waals surface area contributed by atoms with E-state index in [2.05, 4.69) is 49.6 Å². The first kappa shape index (κ1) is 14.0. The molecule has 2 heteroatoms. The summed E-state index contributed by atoms with van der Waals surface area (Å²) in [6, 6.07) is 6.54. The topological polar surface area (TPSA) is 24.1 Å². The monoisotopic (exact) mass is 234 g/mol. The summed E-state index contributed by atoms with van der Waals surface area (Å²) >= 11 is 0. The van der Waals surface area contributed by atoms with E-state index in [0.29, 0.717) is 5.92 Å².